The van der Waals surface area contributed by atoms with Gasteiger partial charge in [0.1, 0.15) is 5.75 Å². The SMILES string of the molecule is CC(=O)Nc1ccccc1Oc1ccc(-c2ccccc2)cc1. The van der Waals surface area contributed by atoms with Crippen LogP contribution in [0.25, 0.3) is 11.1 Å². The lowest BCUT2D eigenvalue weighted by Gasteiger charge is -2.11. The Hall–Kier alpha value is -3.07. The molecule has 1 amide bonds. The number of ether oxygens (including phenoxy) is 1. The Morgan fingerprint density at radius 1 is 0.783 bits per heavy atom. The molecular formula is C20H17NO2. The summed E-state index contributed by atoms with van der Waals surface area (Å²) in [4.78, 5) is 11.3. The monoisotopic (exact) mass is 303 g/mol. The zero-order valence-electron chi connectivity index (χ0n) is 12.8. The molecule has 0 heterocycles. The molecule has 3 aromatic carbocycles. The molecule has 0 unspecified atom stereocenters. The fraction of sp³-hybridized carbons (Fsp3) is 0.0500. The molecule has 3 aromatic rings. The maximum atomic E-state index is 11.3. The average Bonchev–Trinajstić information content (AvgIpc) is 2.58. The summed E-state index contributed by atoms with van der Waals surface area (Å²) in [6.45, 7) is 1.48. The van der Waals surface area contributed by atoms with Crippen molar-refractivity contribution in [1.82, 2.24) is 0 Å². The molecular weight excluding hydrogens is 286 g/mol. The van der Waals surface area contributed by atoms with E-state index in [1.165, 1.54) is 6.92 Å². The van der Waals surface area contributed by atoms with Crippen LogP contribution in [0.5, 0.6) is 11.5 Å². The molecule has 1 N–H and O–H groups in total. The van der Waals surface area contributed by atoms with E-state index in [-0.39, 0.29) is 5.91 Å². The van der Waals surface area contributed by atoms with Gasteiger partial charge in [-0.2, -0.15) is 0 Å². The molecule has 0 aliphatic carbocycles. The summed E-state index contributed by atoms with van der Waals surface area (Å²) in [7, 11) is 0. The molecule has 0 atom stereocenters. The van der Waals surface area contributed by atoms with Crippen molar-refractivity contribution in [3.63, 3.8) is 0 Å². The summed E-state index contributed by atoms with van der Waals surface area (Å²) in [5, 5.41) is 2.77. The van der Waals surface area contributed by atoms with Crippen LogP contribution in [0.1, 0.15) is 6.92 Å². The second-order valence-corrected chi connectivity index (χ2v) is 5.17. The van der Waals surface area contributed by atoms with Crippen LogP contribution in [0.2, 0.25) is 0 Å². The predicted octanol–water partition coefficient (Wildman–Crippen LogP) is 5.10. The summed E-state index contributed by atoms with van der Waals surface area (Å²) in [6.07, 6.45) is 0. The van der Waals surface area contributed by atoms with Gasteiger partial charge in [-0.05, 0) is 35.4 Å². The average molecular weight is 303 g/mol. The molecule has 0 aromatic heterocycles. The first kappa shape index (κ1) is 14.9. The van der Waals surface area contributed by atoms with Gasteiger partial charge in [-0.3, -0.25) is 4.79 Å². The van der Waals surface area contributed by atoms with Gasteiger partial charge < -0.3 is 10.1 Å². The Morgan fingerprint density at radius 2 is 1.39 bits per heavy atom. The van der Waals surface area contributed by atoms with E-state index in [4.69, 9.17) is 4.74 Å². The topological polar surface area (TPSA) is 38.3 Å². The highest BCUT2D eigenvalue weighted by Gasteiger charge is 2.06. The molecule has 3 nitrogen and oxygen atoms in total. The number of amides is 1. The van der Waals surface area contributed by atoms with Crippen LogP contribution >= 0.6 is 0 Å². The van der Waals surface area contributed by atoms with Crippen molar-refractivity contribution < 1.29 is 9.53 Å². The van der Waals surface area contributed by atoms with Crippen LogP contribution in [-0.4, -0.2) is 5.91 Å². The number of hydrogen-bond acceptors (Lipinski definition) is 2. The van der Waals surface area contributed by atoms with E-state index in [0.29, 0.717) is 11.4 Å². The van der Waals surface area contributed by atoms with Gasteiger partial charge in [-0.25, -0.2) is 0 Å². The Kier molecular flexibility index (Phi) is 4.39. The van der Waals surface area contributed by atoms with Crippen LogP contribution in [0.15, 0.2) is 78.9 Å². The van der Waals surface area contributed by atoms with Crippen LogP contribution in [0, 0.1) is 0 Å². The van der Waals surface area contributed by atoms with Gasteiger partial charge in [0.15, 0.2) is 5.75 Å². The summed E-state index contributed by atoms with van der Waals surface area (Å²) in [5.74, 6) is 1.22. The van der Waals surface area contributed by atoms with Gasteiger partial charge in [-0.1, -0.05) is 54.6 Å². The molecule has 3 heteroatoms. The molecule has 0 fully saturated rings. The molecule has 3 rings (SSSR count). The van der Waals surface area contributed by atoms with Crippen molar-refractivity contribution in [2.75, 3.05) is 5.32 Å². The second-order valence-electron chi connectivity index (χ2n) is 5.17. The number of carbonyl (C=O) groups excluding carboxylic acids is 1. The Morgan fingerprint density at radius 3 is 2.09 bits per heavy atom. The summed E-state index contributed by atoms with van der Waals surface area (Å²) >= 11 is 0. The standard InChI is InChI=1S/C20H17NO2/c1-15(22)21-19-9-5-6-10-20(19)23-18-13-11-17(12-14-18)16-7-3-2-4-8-16/h2-14H,1H3,(H,21,22). The molecule has 0 radical (unpaired) electrons. The first-order valence-electron chi connectivity index (χ1n) is 7.42. The number of nitrogens with one attached hydrogen (secondary N) is 1. The van der Waals surface area contributed by atoms with Crippen molar-refractivity contribution in [3.05, 3.63) is 78.9 Å². The normalized spacial score (nSPS) is 10.1. The first-order chi connectivity index (χ1) is 11.2. The fourth-order valence-electron chi connectivity index (χ4n) is 2.32. The number of hydrogen-bond donors (Lipinski definition) is 1. The van der Waals surface area contributed by atoms with E-state index in [1.807, 2.05) is 66.7 Å². The highest BCUT2D eigenvalue weighted by molar-refractivity contribution is 5.90. The van der Waals surface area contributed by atoms with Crippen molar-refractivity contribution in [2.24, 2.45) is 0 Å². The van der Waals surface area contributed by atoms with Gasteiger partial charge in [0.2, 0.25) is 5.91 Å². The number of para-hydroxylation sites is 2. The summed E-state index contributed by atoms with van der Waals surface area (Å²) in [6, 6.07) is 25.4. The minimum Gasteiger partial charge on any atom is -0.455 e. The van der Waals surface area contributed by atoms with Crippen LogP contribution in [-0.2, 0) is 4.79 Å². The molecule has 0 saturated carbocycles. The van der Waals surface area contributed by atoms with Gasteiger partial charge >= 0.3 is 0 Å². The van der Waals surface area contributed by atoms with Crippen molar-refractivity contribution in [1.29, 1.82) is 0 Å². The largest absolute Gasteiger partial charge is 0.455 e. The zero-order valence-corrected chi connectivity index (χ0v) is 12.8. The Bertz CT molecular complexity index is 795. The minimum absolute atomic E-state index is 0.125. The molecule has 0 aliphatic rings. The molecule has 0 spiro atoms. The number of anilines is 1. The van der Waals surface area contributed by atoms with E-state index < -0.39 is 0 Å². The fourth-order valence-corrected chi connectivity index (χ4v) is 2.32. The van der Waals surface area contributed by atoms with Crippen LogP contribution in [0.3, 0.4) is 0 Å². The third kappa shape index (κ3) is 3.77. The molecule has 23 heavy (non-hydrogen) atoms. The third-order valence-electron chi connectivity index (χ3n) is 3.39. The third-order valence-corrected chi connectivity index (χ3v) is 3.39. The maximum Gasteiger partial charge on any atom is 0.221 e. The van der Waals surface area contributed by atoms with E-state index in [9.17, 15) is 4.79 Å². The number of benzene rings is 3. The van der Waals surface area contributed by atoms with E-state index in [2.05, 4.69) is 17.4 Å². The van der Waals surface area contributed by atoms with E-state index >= 15 is 0 Å². The second kappa shape index (κ2) is 6.79. The molecule has 0 aliphatic heterocycles. The summed E-state index contributed by atoms with van der Waals surface area (Å²) < 4.78 is 5.89. The Balaban J connectivity index is 1.80. The molecule has 114 valence electrons. The van der Waals surface area contributed by atoms with Crippen LogP contribution < -0.4 is 10.1 Å². The number of rotatable bonds is 4. The van der Waals surface area contributed by atoms with E-state index in [0.717, 1.165) is 16.9 Å². The molecule has 0 bridgehead atoms. The highest BCUT2D eigenvalue weighted by atomic mass is 16.5. The zero-order chi connectivity index (χ0) is 16.1. The van der Waals surface area contributed by atoms with Gasteiger partial charge in [0.25, 0.3) is 0 Å². The minimum atomic E-state index is -0.125. The van der Waals surface area contributed by atoms with Crippen molar-refractivity contribution >= 4 is 11.6 Å². The van der Waals surface area contributed by atoms with Crippen molar-refractivity contribution in [2.45, 2.75) is 6.92 Å². The maximum absolute atomic E-state index is 11.3. The lowest BCUT2D eigenvalue weighted by atomic mass is 10.1. The van der Waals surface area contributed by atoms with Crippen LogP contribution in [0.4, 0.5) is 5.69 Å². The van der Waals surface area contributed by atoms with Gasteiger partial charge in [0, 0.05) is 6.92 Å². The summed E-state index contributed by atoms with van der Waals surface area (Å²) in [5.41, 5.74) is 2.96. The smallest absolute Gasteiger partial charge is 0.221 e. The molecule has 0 saturated heterocycles. The van der Waals surface area contributed by atoms with Gasteiger partial charge in [-0.15, -0.1) is 0 Å². The van der Waals surface area contributed by atoms with Gasteiger partial charge in [0.05, 0.1) is 5.69 Å². The lowest BCUT2D eigenvalue weighted by Crippen LogP contribution is -2.06. The number of carbonyl (C=O) groups is 1. The highest BCUT2D eigenvalue weighted by Crippen LogP contribution is 2.30. The quantitative estimate of drug-likeness (QED) is 0.727. The first-order valence-corrected chi connectivity index (χ1v) is 7.42. The Labute approximate surface area is 135 Å². The predicted molar refractivity (Wildman–Crippen MR) is 92.7 cm³/mol. The lowest BCUT2D eigenvalue weighted by molar-refractivity contribution is -0.114. The van der Waals surface area contributed by atoms with Crippen molar-refractivity contribution in [3.8, 4) is 22.6 Å². The van der Waals surface area contributed by atoms with E-state index in [1.54, 1.807) is 0 Å².